The Morgan fingerprint density at radius 1 is 1.55 bits per heavy atom. The number of carbonyl (C=O) groups is 1. The van der Waals surface area contributed by atoms with E-state index in [-0.39, 0.29) is 11.9 Å². The van der Waals surface area contributed by atoms with Gasteiger partial charge in [-0.1, -0.05) is 22.0 Å². The van der Waals surface area contributed by atoms with E-state index in [1.807, 2.05) is 36.1 Å². The molecule has 1 aliphatic rings. The molecule has 0 spiro atoms. The van der Waals surface area contributed by atoms with Crippen LogP contribution in [0, 0.1) is 5.92 Å². The number of amides is 1. The molecule has 0 saturated carbocycles. The molecule has 0 bridgehead atoms. The SMILES string of the molecule is CC(N)C1CCCN(C(=O)CCCOc2cccc(Br)c2)C1. The molecular formula is C17H25BrN2O2. The van der Waals surface area contributed by atoms with E-state index in [0.717, 1.165) is 42.6 Å². The summed E-state index contributed by atoms with van der Waals surface area (Å²) in [6.07, 6.45) is 3.48. The van der Waals surface area contributed by atoms with E-state index in [0.29, 0.717) is 18.9 Å². The van der Waals surface area contributed by atoms with E-state index in [4.69, 9.17) is 10.5 Å². The third-order valence-corrected chi connectivity index (χ3v) is 4.65. The van der Waals surface area contributed by atoms with E-state index in [1.165, 1.54) is 0 Å². The molecule has 2 atom stereocenters. The number of ether oxygens (including phenoxy) is 1. The summed E-state index contributed by atoms with van der Waals surface area (Å²) in [5, 5.41) is 0. The van der Waals surface area contributed by atoms with Crippen LogP contribution >= 0.6 is 15.9 Å². The number of likely N-dealkylation sites (tertiary alicyclic amines) is 1. The van der Waals surface area contributed by atoms with Crippen molar-refractivity contribution in [2.75, 3.05) is 19.7 Å². The van der Waals surface area contributed by atoms with Crippen LogP contribution in [0.15, 0.2) is 28.7 Å². The van der Waals surface area contributed by atoms with Gasteiger partial charge in [-0.2, -0.15) is 0 Å². The molecular weight excluding hydrogens is 344 g/mol. The standard InChI is InChI=1S/C17H25BrN2O2/c1-13(19)14-5-3-9-20(12-14)17(21)8-4-10-22-16-7-2-6-15(18)11-16/h2,6-7,11,13-14H,3-5,8-10,12,19H2,1H3. The smallest absolute Gasteiger partial charge is 0.222 e. The van der Waals surface area contributed by atoms with Gasteiger partial charge in [-0.25, -0.2) is 0 Å². The summed E-state index contributed by atoms with van der Waals surface area (Å²) in [7, 11) is 0. The number of piperidine rings is 1. The fourth-order valence-electron chi connectivity index (χ4n) is 2.79. The fourth-order valence-corrected chi connectivity index (χ4v) is 3.17. The number of hydrogen-bond acceptors (Lipinski definition) is 3. The van der Waals surface area contributed by atoms with Crippen LogP contribution in [0.2, 0.25) is 0 Å². The van der Waals surface area contributed by atoms with Crippen molar-refractivity contribution < 1.29 is 9.53 Å². The first-order chi connectivity index (χ1) is 10.6. The van der Waals surface area contributed by atoms with Gasteiger partial charge in [0.15, 0.2) is 0 Å². The Labute approximate surface area is 141 Å². The first kappa shape index (κ1) is 17.3. The number of rotatable bonds is 6. The lowest BCUT2D eigenvalue weighted by molar-refractivity contribution is -0.133. The number of benzene rings is 1. The second-order valence-corrected chi connectivity index (χ2v) is 6.93. The van der Waals surface area contributed by atoms with Crippen LogP contribution in [0.25, 0.3) is 0 Å². The van der Waals surface area contributed by atoms with Crippen LogP contribution in [0.4, 0.5) is 0 Å². The molecule has 2 unspecified atom stereocenters. The maximum Gasteiger partial charge on any atom is 0.222 e. The molecule has 1 aliphatic heterocycles. The van der Waals surface area contributed by atoms with Crippen molar-refractivity contribution in [2.24, 2.45) is 11.7 Å². The van der Waals surface area contributed by atoms with Crippen molar-refractivity contribution >= 4 is 21.8 Å². The van der Waals surface area contributed by atoms with E-state index >= 15 is 0 Å². The molecule has 1 fully saturated rings. The Kier molecular flexibility index (Phi) is 6.70. The Morgan fingerprint density at radius 2 is 2.36 bits per heavy atom. The zero-order valence-corrected chi connectivity index (χ0v) is 14.7. The molecule has 0 aromatic heterocycles. The third-order valence-electron chi connectivity index (χ3n) is 4.15. The molecule has 2 rings (SSSR count). The molecule has 5 heteroatoms. The molecule has 22 heavy (non-hydrogen) atoms. The second kappa shape index (κ2) is 8.53. The number of hydrogen-bond donors (Lipinski definition) is 1. The number of carbonyl (C=O) groups excluding carboxylic acids is 1. The third kappa shape index (κ3) is 5.29. The van der Waals surface area contributed by atoms with E-state index in [2.05, 4.69) is 15.9 Å². The molecule has 1 aromatic carbocycles. The van der Waals surface area contributed by atoms with Crippen molar-refractivity contribution in [3.8, 4) is 5.75 Å². The summed E-state index contributed by atoms with van der Waals surface area (Å²) in [6, 6.07) is 7.91. The lowest BCUT2D eigenvalue weighted by atomic mass is 9.92. The predicted octanol–water partition coefficient (Wildman–Crippen LogP) is 3.19. The predicted molar refractivity (Wildman–Crippen MR) is 91.8 cm³/mol. The molecule has 1 amide bonds. The molecule has 0 radical (unpaired) electrons. The lowest BCUT2D eigenvalue weighted by Gasteiger charge is -2.34. The van der Waals surface area contributed by atoms with Gasteiger partial charge < -0.3 is 15.4 Å². The minimum atomic E-state index is 0.162. The first-order valence-electron chi connectivity index (χ1n) is 7.98. The van der Waals surface area contributed by atoms with Crippen molar-refractivity contribution in [3.05, 3.63) is 28.7 Å². The van der Waals surface area contributed by atoms with Gasteiger partial charge in [-0.15, -0.1) is 0 Å². The quantitative estimate of drug-likeness (QED) is 0.784. The van der Waals surface area contributed by atoms with Crippen LogP contribution in [-0.4, -0.2) is 36.5 Å². The van der Waals surface area contributed by atoms with Crippen molar-refractivity contribution in [1.29, 1.82) is 0 Å². The van der Waals surface area contributed by atoms with Gasteiger partial charge in [-0.05, 0) is 50.3 Å². The molecule has 4 nitrogen and oxygen atoms in total. The van der Waals surface area contributed by atoms with Crippen molar-refractivity contribution in [2.45, 2.75) is 38.6 Å². The summed E-state index contributed by atoms with van der Waals surface area (Å²) in [5.74, 6) is 1.50. The summed E-state index contributed by atoms with van der Waals surface area (Å²) in [5.41, 5.74) is 5.97. The first-order valence-corrected chi connectivity index (χ1v) is 8.77. The molecule has 2 N–H and O–H groups in total. The zero-order valence-electron chi connectivity index (χ0n) is 13.1. The number of nitrogens with two attached hydrogens (primary N) is 1. The minimum Gasteiger partial charge on any atom is -0.494 e. The van der Waals surface area contributed by atoms with Gasteiger partial charge >= 0.3 is 0 Å². The van der Waals surface area contributed by atoms with E-state index in [1.54, 1.807) is 0 Å². The largest absolute Gasteiger partial charge is 0.494 e. The van der Waals surface area contributed by atoms with Crippen molar-refractivity contribution in [3.63, 3.8) is 0 Å². The molecule has 122 valence electrons. The van der Waals surface area contributed by atoms with E-state index in [9.17, 15) is 4.79 Å². The molecule has 1 saturated heterocycles. The maximum absolute atomic E-state index is 12.3. The number of nitrogens with zero attached hydrogens (tertiary/aromatic N) is 1. The average Bonchev–Trinajstić information content (AvgIpc) is 2.51. The highest BCUT2D eigenvalue weighted by molar-refractivity contribution is 9.10. The molecule has 1 heterocycles. The molecule has 1 aromatic rings. The van der Waals surface area contributed by atoms with Gasteiger partial charge in [-0.3, -0.25) is 4.79 Å². The lowest BCUT2D eigenvalue weighted by Crippen LogP contribution is -2.45. The van der Waals surface area contributed by atoms with Crippen LogP contribution < -0.4 is 10.5 Å². The van der Waals surface area contributed by atoms with Crippen LogP contribution in [0.3, 0.4) is 0 Å². The van der Waals surface area contributed by atoms with Gasteiger partial charge in [0, 0.05) is 30.0 Å². The number of halogens is 1. The monoisotopic (exact) mass is 368 g/mol. The second-order valence-electron chi connectivity index (χ2n) is 6.01. The van der Waals surface area contributed by atoms with Crippen molar-refractivity contribution in [1.82, 2.24) is 4.90 Å². The highest BCUT2D eigenvalue weighted by Gasteiger charge is 2.25. The maximum atomic E-state index is 12.3. The van der Waals surface area contributed by atoms with E-state index < -0.39 is 0 Å². The van der Waals surface area contributed by atoms with Gasteiger partial charge in [0.05, 0.1) is 6.61 Å². The highest BCUT2D eigenvalue weighted by Crippen LogP contribution is 2.20. The Bertz CT molecular complexity index is 493. The zero-order chi connectivity index (χ0) is 15.9. The van der Waals surface area contributed by atoms with Crippen LogP contribution in [0.5, 0.6) is 5.75 Å². The Balaban J connectivity index is 1.69. The summed E-state index contributed by atoms with van der Waals surface area (Å²) < 4.78 is 6.66. The van der Waals surface area contributed by atoms with Gasteiger partial charge in [0.25, 0.3) is 0 Å². The van der Waals surface area contributed by atoms with Gasteiger partial charge in [0.2, 0.25) is 5.91 Å². The Morgan fingerprint density at radius 3 is 3.09 bits per heavy atom. The Hall–Kier alpha value is -1.07. The topological polar surface area (TPSA) is 55.6 Å². The summed E-state index contributed by atoms with van der Waals surface area (Å²) in [6.45, 7) is 4.27. The minimum absolute atomic E-state index is 0.162. The average molecular weight is 369 g/mol. The summed E-state index contributed by atoms with van der Waals surface area (Å²) >= 11 is 3.41. The van der Waals surface area contributed by atoms with Crippen LogP contribution in [0.1, 0.15) is 32.6 Å². The molecule has 0 aliphatic carbocycles. The fraction of sp³-hybridized carbons (Fsp3) is 0.588. The summed E-state index contributed by atoms with van der Waals surface area (Å²) in [4.78, 5) is 14.2. The highest BCUT2D eigenvalue weighted by atomic mass is 79.9. The van der Waals surface area contributed by atoms with Crippen LogP contribution in [-0.2, 0) is 4.79 Å². The normalized spacial score (nSPS) is 19.8. The van der Waals surface area contributed by atoms with Gasteiger partial charge in [0.1, 0.15) is 5.75 Å².